The Morgan fingerprint density at radius 3 is 1.12 bits per heavy atom. The maximum absolute atomic E-state index is 5.44. The second-order valence-corrected chi connectivity index (χ2v) is 9.60. The van der Waals surface area contributed by atoms with Gasteiger partial charge in [-0.1, -0.05) is 0 Å². The van der Waals surface area contributed by atoms with Crippen molar-refractivity contribution in [2.45, 2.75) is 0 Å². The zero-order chi connectivity index (χ0) is 17.6. The molecule has 0 aliphatic heterocycles. The fourth-order valence-electron chi connectivity index (χ4n) is 2.59. The van der Waals surface area contributed by atoms with Gasteiger partial charge < -0.3 is 0 Å². The number of hydrogen-bond donors (Lipinski definition) is 0. The quantitative estimate of drug-likeness (QED) is 0.594. The molecule has 0 aliphatic rings. The van der Waals surface area contributed by atoms with E-state index in [0.717, 1.165) is 17.2 Å². The van der Waals surface area contributed by atoms with E-state index in [2.05, 4.69) is 36.4 Å². The van der Waals surface area contributed by atoms with Gasteiger partial charge in [0.1, 0.15) is 0 Å². The summed E-state index contributed by atoms with van der Waals surface area (Å²) in [5.41, 5.74) is 0. The summed E-state index contributed by atoms with van der Waals surface area (Å²) in [7, 11) is 5.10. The van der Waals surface area contributed by atoms with Gasteiger partial charge in [0.15, 0.2) is 0 Å². The van der Waals surface area contributed by atoms with Gasteiger partial charge in [0, 0.05) is 0 Å². The minimum atomic E-state index is -1.50. The molecule has 3 nitrogen and oxygen atoms in total. The van der Waals surface area contributed by atoms with Crippen molar-refractivity contribution in [3.63, 3.8) is 0 Å². The van der Waals surface area contributed by atoms with Crippen LogP contribution in [0.5, 0.6) is 17.2 Å². The molecular formula is C21H21O3Se. The van der Waals surface area contributed by atoms with Gasteiger partial charge >= 0.3 is 153 Å². The van der Waals surface area contributed by atoms with E-state index in [-0.39, 0.29) is 0 Å². The SMILES string of the molecule is COc1cccc([Se](c2cccc(OC)c2)c2cccc(OC)c2)c1. The van der Waals surface area contributed by atoms with Crippen LogP contribution in [0.2, 0.25) is 0 Å². The molecule has 0 fully saturated rings. The first-order valence-electron chi connectivity index (χ1n) is 7.91. The summed E-state index contributed by atoms with van der Waals surface area (Å²) in [6.45, 7) is 0. The number of hydrogen-bond acceptors (Lipinski definition) is 3. The molecule has 0 heterocycles. The van der Waals surface area contributed by atoms with Crippen LogP contribution < -0.4 is 27.6 Å². The Labute approximate surface area is 153 Å². The topological polar surface area (TPSA) is 27.7 Å². The second kappa shape index (κ2) is 8.11. The predicted molar refractivity (Wildman–Crippen MR) is 104 cm³/mol. The summed E-state index contributed by atoms with van der Waals surface area (Å²) in [5, 5.41) is 0. The predicted octanol–water partition coefficient (Wildman–Crippen LogP) is 2.23. The van der Waals surface area contributed by atoms with Crippen molar-refractivity contribution in [3.8, 4) is 17.2 Å². The van der Waals surface area contributed by atoms with E-state index in [0.29, 0.717) is 0 Å². The van der Waals surface area contributed by atoms with Crippen molar-refractivity contribution < 1.29 is 14.2 Å². The normalized spacial score (nSPS) is 10.6. The Morgan fingerprint density at radius 1 is 0.520 bits per heavy atom. The Balaban J connectivity index is 2.16. The van der Waals surface area contributed by atoms with Gasteiger partial charge in [-0.3, -0.25) is 0 Å². The van der Waals surface area contributed by atoms with E-state index in [1.807, 2.05) is 36.4 Å². The molecule has 0 aromatic heterocycles. The summed E-state index contributed by atoms with van der Waals surface area (Å²) < 4.78 is 20.1. The fraction of sp³-hybridized carbons (Fsp3) is 0.143. The van der Waals surface area contributed by atoms with Crippen LogP contribution in [-0.4, -0.2) is 35.2 Å². The summed E-state index contributed by atoms with van der Waals surface area (Å²) >= 11 is -1.50. The van der Waals surface area contributed by atoms with E-state index < -0.39 is 13.9 Å². The van der Waals surface area contributed by atoms with Crippen LogP contribution in [0.4, 0.5) is 0 Å². The van der Waals surface area contributed by atoms with Crippen molar-refractivity contribution in [2.24, 2.45) is 0 Å². The van der Waals surface area contributed by atoms with Crippen LogP contribution in [0.3, 0.4) is 0 Å². The Morgan fingerprint density at radius 2 is 0.840 bits per heavy atom. The summed E-state index contributed by atoms with van der Waals surface area (Å²) in [6, 6.07) is 25.0. The maximum atomic E-state index is 5.44. The molecular weight excluding hydrogens is 379 g/mol. The van der Waals surface area contributed by atoms with Gasteiger partial charge in [-0.2, -0.15) is 0 Å². The molecule has 25 heavy (non-hydrogen) atoms. The first-order valence-corrected chi connectivity index (χ1v) is 10.5. The Bertz CT molecular complexity index is 735. The third-order valence-electron chi connectivity index (χ3n) is 3.83. The van der Waals surface area contributed by atoms with Gasteiger partial charge in [-0.05, 0) is 0 Å². The van der Waals surface area contributed by atoms with Crippen LogP contribution >= 0.6 is 0 Å². The molecule has 129 valence electrons. The van der Waals surface area contributed by atoms with Crippen LogP contribution in [0, 0.1) is 0 Å². The molecule has 0 spiro atoms. The summed E-state index contributed by atoms with van der Waals surface area (Å²) in [4.78, 5) is 0. The van der Waals surface area contributed by atoms with Crippen molar-refractivity contribution in [3.05, 3.63) is 72.8 Å². The summed E-state index contributed by atoms with van der Waals surface area (Å²) in [6.07, 6.45) is 0. The number of ether oxygens (including phenoxy) is 3. The third kappa shape index (κ3) is 3.98. The van der Waals surface area contributed by atoms with Crippen molar-refractivity contribution in [1.82, 2.24) is 0 Å². The zero-order valence-corrected chi connectivity index (χ0v) is 16.3. The first-order chi connectivity index (χ1) is 12.2. The molecule has 4 heteroatoms. The molecule has 0 saturated heterocycles. The average molecular weight is 400 g/mol. The zero-order valence-electron chi connectivity index (χ0n) is 14.6. The van der Waals surface area contributed by atoms with E-state index in [1.54, 1.807) is 21.3 Å². The van der Waals surface area contributed by atoms with E-state index in [9.17, 15) is 0 Å². The molecule has 0 saturated carbocycles. The third-order valence-corrected chi connectivity index (χ3v) is 8.40. The first kappa shape index (κ1) is 17.4. The van der Waals surface area contributed by atoms with Gasteiger partial charge in [0.2, 0.25) is 0 Å². The second-order valence-electron chi connectivity index (χ2n) is 5.34. The molecule has 1 radical (unpaired) electrons. The monoisotopic (exact) mass is 401 g/mol. The molecule has 0 bridgehead atoms. The Kier molecular flexibility index (Phi) is 5.64. The molecule has 0 amide bonds. The fourth-order valence-corrected chi connectivity index (χ4v) is 7.13. The van der Waals surface area contributed by atoms with Crippen molar-refractivity contribution >= 4 is 27.3 Å². The molecule has 3 aromatic rings. The molecule has 3 rings (SSSR count). The van der Waals surface area contributed by atoms with Crippen LogP contribution in [0.15, 0.2) is 72.8 Å². The van der Waals surface area contributed by atoms with E-state index in [4.69, 9.17) is 14.2 Å². The standard InChI is InChI=1S/C21H21O3Se/c1-22-16-7-4-10-19(13-16)25(20-11-5-8-17(14-20)23-2)21-12-6-9-18(15-21)24-3/h4-15H,1-3H3. The van der Waals surface area contributed by atoms with Gasteiger partial charge in [-0.25, -0.2) is 0 Å². The Hall–Kier alpha value is -2.42. The minimum absolute atomic E-state index is 0.872. The van der Waals surface area contributed by atoms with Gasteiger partial charge in [0.05, 0.1) is 0 Å². The molecule has 0 unspecified atom stereocenters. The van der Waals surface area contributed by atoms with Crippen molar-refractivity contribution in [1.29, 1.82) is 0 Å². The van der Waals surface area contributed by atoms with E-state index >= 15 is 0 Å². The average Bonchev–Trinajstić information content (AvgIpc) is 2.68. The molecule has 3 aromatic carbocycles. The van der Waals surface area contributed by atoms with Crippen LogP contribution in [0.25, 0.3) is 0 Å². The molecule has 0 N–H and O–H groups in total. The van der Waals surface area contributed by atoms with Gasteiger partial charge in [-0.15, -0.1) is 0 Å². The van der Waals surface area contributed by atoms with Crippen LogP contribution in [-0.2, 0) is 0 Å². The number of methoxy groups -OCH3 is 3. The van der Waals surface area contributed by atoms with E-state index in [1.165, 1.54) is 13.4 Å². The van der Waals surface area contributed by atoms with Crippen LogP contribution in [0.1, 0.15) is 0 Å². The summed E-state index contributed by atoms with van der Waals surface area (Å²) in [5.74, 6) is 2.62. The number of rotatable bonds is 6. The molecule has 0 aliphatic carbocycles. The van der Waals surface area contributed by atoms with Gasteiger partial charge in [0.25, 0.3) is 0 Å². The van der Waals surface area contributed by atoms with Crippen molar-refractivity contribution in [2.75, 3.05) is 21.3 Å². The number of benzene rings is 3. The molecule has 0 atom stereocenters.